The van der Waals surface area contributed by atoms with Gasteiger partial charge >= 0.3 is 0 Å². The molecule has 5 nitrogen and oxygen atoms in total. The molecule has 2 N–H and O–H groups in total. The standard InChI is InChI=1S/C16H29N3O2/c1-12(2)8-17-9-14-6-7-16(19-13(14)3)18-10-15(21-5)11-20-4/h6-7,12,15,17H,8-11H2,1-5H3,(H,18,19). The molecule has 5 heteroatoms. The van der Waals surface area contributed by atoms with Crippen LogP contribution in [0.25, 0.3) is 0 Å². The van der Waals surface area contributed by atoms with Crippen LogP contribution in [-0.2, 0) is 16.0 Å². The van der Waals surface area contributed by atoms with Crippen molar-refractivity contribution in [3.8, 4) is 0 Å². The Morgan fingerprint density at radius 3 is 2.52 bits per heavy atom. The molecule has 1 atom stereocenters. The molecule has 0 aromatic carbocycles. The fourth-order valence-corrected chi connectivity index (χ4v) is 1.99. The number of hydrogen-bond donors (Lipinski definition) is 2. The van der Waals surface area contributed by atoms with Crippen molar-refractivity contribution < 1.29 is 9.47 Å². The third-order valence-electron chi connectivity index (χ3n) is 3.26. The van der Waals surface area contributed by atoms with Gasteiger partial charge in [-0.05, 0) is 31.0 Å². The molecule has 0 fully saturated rings. The minimum atomic E-state index is 0.0319. The molecule has 0 aliphatic heterocycles. The highest BCUT2D eigenvalue weighted by molar-refractivity contribution is 5.38. The Labute approximate surface area is 128 Å². The van der Waals surface area contributed by atoms with E-state index in [-0.39, 0.29) is 6.10 Å². The van der Waals surface area contributed by atoms with E-state index in [0.717, 1.165) is 24.6 Å². The van der Waals surface area contributed by atoms with Crippen LogP contribution in [0.1, 0.15) is 25.1 Å². The maximum absolute atomic E-state index is 5.32. The van der Waals surface area contributed by atoms with Crippen molar-refractivity contribution in [3.05, 3.63) is 23.4 Å². The van der Waals surface area contributed by atoms with E-state index in [1.807, 2.05) is 13.0 Å². The fraction of sp³-hybridized carbons (Fsp3) is 0.688. The molecule has 0 aliphatic carbocycles. The van der Waals surface area contributed by atoms with Crippen LogP contribution >= 0.6 is 0 Å². The zero-order chi connectivity index (χ0) is 15.7. The monoisotopic (exact) mass is 295 g/mol. The summed E-state index contributed by atoms with van der Waals surface area (Å²) < 4.78 is 10.4. The van der Waals surface area contributed by atoms with E-state index in [1.165, 1.54) is 5.56 Å². The zero-order valence-electron chi connectivity index (χ0n) is 13.9. The van der Waals surface area contributed by atoms with Gasteiger partial charge < -0.3 is 20.1 Å². The Bertz CT molecular complexity index is 411. The summed E-state index contributed by atoms with van der Waals surface area (Å²) in [5.74, 6) is 1.53. The first-order chi connectivity index (χ1) is 10.1. The molecule has 1 aromatic heterocycles. The van der Waals surface area contributed by atoms with Gasteiger partial charge in [0.05, 0.1) is 12.7 Å². The van der Waals surface area contributed by atoms with Crippen molar-refractivity contribution in [3.63, 3.8) is 0 Å². The van der Waals surface area contributed by atoms with Gasteiger partial charge in [-0.15, -0.1) is 0 Å². The van der Waals surface area contributed by atoms with Gasteiger partial charge in [0.2, 0.25) is 0 Å². The average molecular weight is 295 g/mol. The minimum Gasteiger partial charge on any atom is -0.382 e. The topological polar surface area (TPSA) is 55.4 Å². The third kappa shape index (κ3) is 6.89. The van der Waals surface area contributed by atoms with E-state index in [0.29, 0.717) is 19.1 Å². The summed E-state index contributed by atoms with van der Waals surface area (Å²) in [6, 6.07) is 4.13. The highest BCUT2D eigenvalue weighted by atomic mass is 16.5. The van der Waals surface area contributed by atoms with E-state index in [2.05, 4.69) is 35.5 Å². The quantitative estimate of drug-likeness (QED) is 0.693. The first kappa shape index (κ1) is 17.9. The number of nitrogens with one attached hydrogen (secondary N) is 2. The SMILES string of the molecule is COCC(CNc1ccc(CNCC(C)C)c(C)n1)OC. The predicted octanol–water partition coefficient (Wildman–Crippen LogP) is 2.21. The van der Waals surface area contributed by atoms with Crippen molar-refractivity contribution in [2.75, 3.05) is 39.2 Å². The lowest BCUT2D eigenvalue weighted by Gasteiger charge is -2.16. The molecule has 0 spiro atoms. The Morgan fingerprint density at radius 1 is 1.19 bits per heavy atom. The molecule has 0 saturated heterocycles. The Morgan fingerprint density at radius 2 is 1.95 bits per heavy atom. The van der Waals surface area contributed by atoms with Gasteiger partial charge in [0.1, 0.15) is 5.82 Å². The van der Waals surface area contributed by atoms with Gasteiger partial charge in [-0.3, -0.25) is 0 Å². The second kappa shape index (κ2) is 9.71. The lowest BCUT2D eigenvalue weighted by Crippen LogP contribution is -2.27. The molecule has 1 unspecified atom stereocenters. The predicted molar refractivity (Wildman–Crippen MR) is 86.7 cm³/mol. The van der Waals surface area contributed by atoms with Gasteiger partial charge in [0.15, 0.2) is 0 Å². The molecule has 1 aromatic rings. The van der Waals surface area contributed by atoms with E-state index in [1.54, 1.807) is 14.2 Å². The van der Waals surface area contributed by atoms with Crippen LogP contribution in [-0.4, -0.2) is 45.0 Å². The number of hydrogen-bond acceptors (Lipinski definition) is 5. The summed E-state index contributed by atoms with van der Waals surface area (Å²) in [6.07, 6.45) is 0.0319. The van der Waals surface area contributed by atoms with Crippen molar-refractivity contribution in [2.24, 2.45) is 5.92 Å². The summed E-state index contributed by atoms with van der Waals surface area (Å²) >= 11 is 0. The molecule has 21 heavy (non-hydrogen) atoms. The Kier molecular flexibility index (Phi) is 8.27. The smallest absolute Gasteiger partial charge is 0.126 e. The molecule has 1 rings (SSSR count). The zero-order valence-corrected chi connectivity index (χ0v) is 13.9. The second-order valence-electron chi connectivity index (χ2n) is 5.66. The van der Waals surface area contributed by atoms with Crippen LogP contribution in [0.4, 0.5) is 5.82 Å². The van der Waals surface area contributed by atoms with E-state index >= 15 is 0 Å². The number of anilines is 1. The third-order valence-corrected chi connectivity index (χ3v) is 3.26. The number of rotatable bonds is 10. The molecule has 1 heterocycles. The molecule has 0 amide bonds. The highest BCUT2D eigenvalue weighted by Crippen LogP contribution is 2.11. The van der Waals surface area contributed by atoms with E-state index in [4.69, 9.17) is 9.47 Å². The molecule has 0 radical (unpaired) electrons. The number of aryl methyl sites for hydroxylation is 1. The maximum Gasteiger partial charge on any atom is 0.126 e. The number of methoxy groups -OCH3 is 2. The molecular formula is C16H29N3O2. The van der Waals surface area contributed by atoms with Crippen LogP contribution in [0.3, 0.4) is 0 Å². The van der Waals surface area contributed by atoms with Gasteiger partial charge in [-0.2, -0.15) is 0 Å². The second-order valence-corrected chi connectivity index (χ2v) is 5.66. The summed E-state index contributed by atoms with van der Waals surface area (Å²) in [5, 5.41) is 6.73. The number of nitrogens with zero attached hydrogens (tertiary/aromatic N) is 1. The summed E-state index contributed by atoms with van der Waals surface area (Å²) in [5.41, 5.74) is 2.29. The first-order valence-electron chi connectivity index (χ1n) is 7.49. The van der Waals surface area contributed by atoms with Gasteiger partial charge in [-0.25, -0.2) is 4.98 Å². The highest BCUT2D eigenvalue weighted by Gasteiger charge is 2.07. The van der Waals surface area contributed by atoms with Crippen LogP contribution < -0.4 is 10.6 Å². The summed E-state index contributed by atoms with van der Waals surface area (Å²) in [6.45, 7) is 9.59. The molecular weight excluding hydrogens is 266 g/mol. The van der Waals surface area contributed by atoms with Gasteiger partial charge in [0.25, 0.3) is 0 Å². The van der Waals surface area contributed by atoms with Crippen molar-refractivity contribution in [2.45, 2.75) is 33.4 Å². The summed E-state index contributed by atoms with van der Waals surface area (Å²) in [4.78, 5) is 4.59. The van der Waals surface area contributed by atoms with Crippen LogP contribution in [0, 0.1) is 12.8 Å². The van der Waals surface area contributed by atoms with Crippen LogP contribution in [0.15, 0.2) is 12.1 Å². The van der Waals surface area contributed by atoms with Crippen molar-refractivity contribution in [1.29, 1.82) is 0 Å². The number of pyridine rings is 1. The minimum absolute atomic E-state index is 0.0319. The maximum atomic E-state index is 5.32. The van der Waals surface area contributed by atoms with Crippen LogP contribution in [0.2, 0.25) is 0 Å². The van der Waals surface area contributed by atoms with Crippen LogP contribution in [0.5, 0.6) is 0 Å². The molecule has 0 aliphatic rings. The van der Waals surface area contributed by atoms with E-state index in [9.17, 15) is 0 Å². The fourth-order valence-electron chi connectivity index (χ4n) is 1.99. The lowest BCUT2D eigenvalue weighted by atomic mass is 10.2. The van der Waals surface area contributed by atoms with Gasteiger partial charge in [0, 0.05) is 33.0 Å². The molecule has 0 saturated carbocycles. The van der Waals surface area contributed by atoms with E-state index < -0.39 is 0 Å². The first-order valence-corrected chi connectivity index (χ1v) is 7.49. The van der Waals surface area contributed by atoms with Crippen molar-refractivity contribution in [1.82, 2.24) is 10.3 Å². The van der Waals surface area contributed by atoms with Gasteiger partial charge in [-0.1, -0.05) is 19.9 Å². The Balaban J connectivity index is 2.49. The largest absolute Gasteiger partial charge is 0.382 e. The Hall–Kier alpha value is -1.17. The molecule has 120 valence electrons. The number of ether oxygens (including phenoxy) is 2. The average Bonchev–Trinajstić information content (AvgIpc) is 2.45. The molecule has 0 bridgehead atoms. The van der Waals surface area contributed by atoms with Crippen molar-refractivity contribution >= 4 is 5.82 Å². The lowest BCUT2D eigenvalue weighted by molar-refractivity contribution is 0.0365. The normalized spacial score (nSPS) is 12.7. The summed E-state index contributed by atoms with van der Waals surface area (Å²) in [7, 11) is 3.36. The number of aromatic nitrogens is 1.